The van der Waals surface area contributed by atoms with Crippen LogP contribution in [0.3, 0.4) is 0 Å². The number of thiophene rings is 1. The van der Waals surface area contributed by atoms with Crippen molar-refractivity contribution in [2.75, 3.05) is 0 Å². The lowest BCUT2D eigenvalue weighted by atomic mass is 10.2. The van der Waals surface area contributed by atoms with Crippen molar-refractivity contribution in [3.63, 3.8) is 0 Å². The molecular formula is C20H14N4S2. The molecule has 0 spiro atoms. The topological polar surface area (TPSA) is 54.5 Å². The van der Waals surface area contributed by atoms with Crippen LogP contribution in [0, 0.1) is 11.3 Å². The molecule has 4 aromatic rings. The molecule has 0 aliphatic rings. The quantitative estimate of drug-likeness (QED) is 0.453. The first-order chi connectivity index (χ1) is 12.8. The molecule has 0 aliphatic heterocycles. The van der Waals surface area contributed by atoms with Gasteiger partial charge >= 0.3 is 0 Å². The molecule has 4 nitrogen and oxygen atoms in total. The molecule has 0 atom stereocenters. The monoisotopic (exact) mass is 374 g/mol. The molecule has 0 saturated heterocycles. The van der Waals surface area contributed by atoms with Gasteiger partial charge in [-0.2, -0.15) is 5.26 Å². The van der Waals surface area contributed by atoms with E-state index < -0.39 is 0 Å². The van der Waals surface area contributed by atoms with E-state index in [1.165, 1.54) is 0 Å². The van der Waals surface area contributed by atoms with Gasteiger partial charge in [0.2, 0.25) is 0 Å². The Bertz CT molecular complexity index is 1050. The van der Waals surface area contributed by atoms with Crippen LogP contribution in [0.15, 0.2) is 77.3 Å². The third kappa shape index (κ3) is 3.40. The van der Waals surface area contributed by atoms with Gasteiger partial charge < -0.3 is 0 Å². The number of nitriles is 1. The van der Waals surface area contributed by atoms with Gasteiger partial charge in [-0.1, -0.05) is 48.2 Å². The number of nitrogens with zero attached hydrogens (tertiary/aromatic N) is 4. The standard InChI is InChI=1S/C20H14N4S2/c21-13-15-6-4-7-16(12-15)14-26-20-23-22-19(18-10-5-11-25-18)24(20)17-8-2-1-3-9-17/h1-12H,14H2. The minimum absolute atomic E-state index is 0.673. The molecule has 0 aliphatic carbocycles. The van der Waals surface area contributed by atoms with Crippen molar-refractivity contribution < 1.29 is 0 Å². The Hall–Kier alpha value is -2.88. The summed E-state index contributed by atoms with van der Waals surface area (Å²) in [6.07, 6.45) is 0. The number of para-hydroxylation sites is 1. The fourth-order valence-corrected chi connectivity index (χ4v) is 4.21. The van der Waals surface area contributed by atoms with E-state index in [0.29, 0.717) is 5.56 Å². The number of thioether (sulfide) groups is 1. The summed E-state index contributed by atoms with van der Waals surface area (Å²) < 4.78 is 2.09. The molecule has 2 aromatic heterocycles. The van der Waals surface area contributed by atoms with Crippen LogP contribution in [-0.4, -0.2) is 14.8 Å². The van der Waals surface area contributed by atoms with Crippen LogP contribution in [0.4, 0.5) is 0 Å². The lowest BCUT2D eigenvalue weighted by Crippen LogP contribution is -1.98. The minimum Gasteiger partial charge on any atom is -0.269 e. The summed E-state index contributed by atoms with van der Waals surface area (Å²) >= 11 is 3.27. The van der Waals surface area contributed by atoms with Crippen LogP contribution in [0.2, 0.25) is 0 Å². The van der Waals surface area contributed by atoms with E-state index in [2.05, 4.69) is 39.0 Å². The van der Waals surface area contributed by atoms with Crippen molar-refractivity contribution in [2.45, 2.75) is 10.9 Å². The van der Waals surface area contributed by atoms with Crippen LogP contribution in [-0.2, 0) is 5.75 Å². The Balaban J connectivity index is 1.69. The Labute approximate surface area is 159 Å². The molecule has 0 radical (unpaired) electrons. The van der Waals surface area contributed by atoms with Crippen molar-refractivity contribution in [3.05, 3.63) is 83.2 Å². The number of hydrogen-bond acceptors (Lipinski definition) is 5. The van der Waals surface area contributed by atoms with E-state index in [1.54, 1.807) is 23.1 Å². The van der Waals surface area contributed by atoms with Crippen molar-refractivity contribution >= 4 is 23.1 Å². The Kier molecular flexibility index (Phi) is 4.82. The predicted octanol–water partition coefficient (Wildman–Crippen LogP) is 5.16. The van der Waals surface area contributed by atoms with E-state index >= 15 is 0 Å². The van der Waals surface area contributed by atoms with Gasteiger partial charge in [-0.25, -0.2) is 0 Å². The zero-order chi connectivity index (χ0) is 17.8. The zero-order valence-corrected chi connectivity index (χ0v) is 15.4. The Morgan fingerprint density at radius 1 is 1.00 bits per heavy atom. The van der Waals surface area contributed by atoms with Crippen molar-refractivity contribution in [3.8, 4) is 22.5 Å². The molecule has 0 N–H and O–H groups in total. The molecule has 126 valence electrons. The van der Waals surface area contributed by atoms with E-state index in [4.69, 9.17) is 5.26 Å². The maximum atomic E-state index is 9.07. The second-order valence-corrected chi connectivity index (χ2v) is 7.45. The molecule has 0 unspecified atom stereocenters. The first kappa shape index (κ1) is 16.6. The van der Waals surface area contributed by atoms with Crippen LogP contribution in [0.25, 0.3) is 16.4 Å². The number of benzene rings is 2. The van der Waals surface area contributed by atoms with Crippen molar-refractivity contribution in [1.82, 2.24) is 14.8 Å². The Morgan fingerprint density at radius 2 is 1.88 bits per heavy atom. The number of aromatic nitrogens is 3. The molecule has 6 heteroatoms. The first-order valence-corrected chi connectivity index (χ1v) is 9.88. The highest BCUT2D eigenvalue weighted by atomic mass is 32.2. The summed E-state index contributed by atoms with van der Waals surface area (Å²) in [6.45, 7) is 0. The smallest absolute Gasteiger partial charge is 0.196 e. The van der Waals surface area contributed by atoms with Crippen LogP contribution in [0.5, 0.6) is 0 Å². The van der Waals surface area contributed by atoms with Gasteiger partial charge in [0.05, 0.1) is 16.5 Å². The van der Waals surface area contributed by atoms with Crippen LogP contribution < -0.4 is 0 Å². The van der Waals surface area contributed by atoms with Gasteiger partial charge in [0.1, 0.15) is 0 Å². The first-order valence-electron chi connectivity index (χ1n) is 8.02. The summed E-state index contributed by atoms with van der Waals surface area (Å²) in [4.78, 5) is 1.08. The summed E-state index contributed by atoms with van der Waals surface area (Å²) in [5, 5.41) is 20.8. The SMILES string of the molecule is N#Cc1cccc(CSc2nnc(-c3cccs3)n2-c2ccccc2)c1. The summed E-state index contributed by atoms with van der Waals surface area (Å²) in [5.41, 5.74) is 2.80. The normalized spacial score (nSPS) is 10.6. The lowest BCUT2D eigenvalue weighted by Gasteiger charge is -2.09. The molecule has 2 heterocycles. The number of rotatable bonds is 5. The van der Waals surface area contributed by atoms with Gasteiger partial charge in [-0.15, -0.1) is 21.5 Å². The molecular weight excluding hydrogens is 360 g/mol. The minimum atomic E-state index is 0.673. The third-order valence-corrected chi connectivity index (χ3v) is 5.68. The fourth-order valence-electron chi connectivity index (χ4n) is 2.62. The average molecular weight is 374 g/mol. The van der Waals surface area contributed by atoms with Crippen molar-refractivity contribution in [2.24, 2.45) is 0 Å². The van der Waals surface area contributed by atoms with E-state index in [0.717, 1.165) is 32.9 Å². The van der Waals surface area contributed by atoms with Crippen molar-refractivity contribution in [1.29, 1.82) is 5.26 Å². The second-order valence-electron chi connectivity index (χ2n) is 5.56. The summed E-state index contributed by atoms with van der Waals surface area (Å²) in [7, 11) is 0. The highest BCUT2D eigenvalue weighted by Crippen LogP contribution is 2.31. The highest BCUT2D eigenvalue weighted by molar-refractivity contribution is 7.98. The summed E-state index contributed by atoms with van der Waals surface area (Å²) in [6, 6.07) is 24.1. The molecule has 0 fully saturated rings. The largest absolute Gasteiger partial charge is 0.269 e. The molecule has 0 amide bonds. The van der Waals surface area contributed by atoms with Crippen LogP contribution >= 0.6 is 23.1 Å². The van der Waals surface area contributed by atoms with Gasteiger partial charge in [0, 0.05) is 11.4 Å². The predicted molar refractivity (Wildman–Crippen MR) is 105 cm³/mol. The van der Waals surface area contributed by atoms with Crippen LogP contribution in [0.1, 0.15) is 11.1 Å². The lowest BCUT2D eigenvalue weighted by molar-refractivity contribution is 0.886. The van der Waals surface area contributed by atoms with E-state index in [9.17, 15) is 0 Å². The maximum Gasteiger partial charge on any atom is 0.196 e. The molecule has 0 saturated carbocycles. The number of hydrogen-bond donors (Lipinski definition) is 0. The second kappa shape index (κ2) is 7.56. The molecule has 2 aromatic carbocycles. The molecule has 4 rings (SSSR count). The van der Waals surface area contributed by atoms with E-state index in [1.807, 2.05) is 53.9 Å². The van der Waals surface area contributed by atoms with Gasteiger partial charge in [0.25, 0.3) is 0 Å². The third-order valence-electron chi connectivity index (χ3n) is 3.81. The maximum absolute atomic E-state index is 9.07. The van der Waals surface area contributed by atoms with E-state index in [-0.39, 0.29) is 0 Å². The van der Waals surface area contributed by atoms with Gasteiger partial charge in [-0.3, -0.25) is 4.57 Å². The van der Waals surface area contributed by atoms with Gasteiger partial charge in [-0.05, 0) is 41.3 Å². The highest BCUT2D eigenvalue weighted by Gasteiger charge is 2.16. The molecule has 0 bridgehead atoms. The summed E-state index contributed by atoms with van der Waals surface area (Å²) in [5.74, 6) is 1.57. The average Bonchev–Trinajstić information content (AvgIpc) is 3.36. The zero-order valence-electron chi connectivity index (χ0n) is 13.7. The Morgan fingerprint density at radius 3 is 2.65 bits per heavy atom. The fraction of sp³-hybridized carbons (Fsp3) is 0.0500. The molecule has 26 heavy (non-hydrogen) atoms. The van der Waals surface area contributed by atoms with Gasteiger partial charge in [0.15, 0.2) is 11.0 Å².